The molecule has 1 aromatic carbocycles. The molecule has 0 atom stereocenters. The van der Waals surface area contributed by atoms with Crippen molar-refractivity contribution in [3.63, 3.8) is 0 Å². The van der Waals surface area contributed by atoms with Gasteiger partial charge in [-0.15, -0.1) is 0 Å². The first kappa shape index (κ1) is 17.3. The number of H-pyrrole nitrogens is 1. The first-order valence-corrected chi connectivity index (χ1v) is 8.80. The number of nitrogens with one attached hydrogen (secondary N) is 2. The standard InChI is InChI=1S/C15H21N3O4S/c1-4-18(5-2)23(20,21)17-15(19)8-11-10-16-14-7-6-12(22-3)9-13(11)14/h6-7,9-10,16H,4-5,8H2,1-3H3,(H,17,19). The van der Waals surface area contributed by atoms with Gasteiger partial charge in [0.15, 0.2) is 0 Å². The van der Waals surface area contributed by atoms with Gasteiger partial charge in [-0.3, -0.25) is 4.79 Å². The van der Waals surface area contributed by atoms with Crippen molar-refractivity contribution < 1.29 is 17.9 Å². The molecule has 23 heavy (non-hydrogen) atoms. The molecule has 0 aliphatic rings. The highest BCUT2D eigenvalue weighted by Gasteiger charge is 2.21. The normalized spacial score (nSPS) is 11.8. The minimum Gasteiger partial charge on any atom is -0.497 e. The second-order valence-corrected chi connectivity index (χ2v) is 6.69. The minimum atomic E-state index is -3.79. The number of hydrogen-bond acceptors (Lipinski definition) is 4. The third-order valence-electron chi connectivity index (χ3n) is 3.61. The average molecular weight is 339 g/mol. The van der Waals surface area contributed by atoms with Crippen molar-refractivity contribution in [2.75, 3.05) is 20.2 Å². The van der Waals surface area contributed by atoms with Gasteiger partial charge in [0.05, 0.1) is 13.5 Å². The number of aromatic amines is 1. The Morgan fingerprint density at radius 1 is 1.30 bits per heavy atom. The molecule has 0 radical (unpaired) electrons. The number of benzene rings is 1. The molecule has 7 nitrogen and oxygen atoms in total. The number of amides is 1. The number of carbonyl (C=O) groups is 1. The molecular formula is C15H21N3O4S. The van der Waals surface area contributed by atoms with Gasteiger partial charge in [0.1, 0.15) is 5.75 Å². The molecule has 0 spiro atoms. The number of hydrogen-bond donors (Lipinski definition) is 2. The van der Waals surface area contributed by atoms with E-state index in [-0.39, 0.29) is 6.42 Å². The van der Waals surface area contributed by atoms with E-state index in [2.05, 4.69) is 9.71 Å². The van der Waals surface area contributed by atoms with Crippen LogP contribution in [0.2, 0.25) is 0 Å². The fourth-order valence-electron chi connectivity index (χ4n) is 2.41. The third-order valence-corrected chi connectivity index (χ3v) is 5.30. The Morgan fingerprint density at radius 3 is 2.61 bits per heavy atom. The molecular weight excluding hydrogens is 318 g/mol. The lowest BCUT2D eigenvalue weighted by Gasteiger charge is -2.18. The van der Waals surface area contributed by atoms with Crippen LogP contribution in [0.15, 0.2) is 24.4 Å². The maximum Gasteiger partial charge on any atom is 0.303 e. The van der Waals surface area contributed by atoms with Gasteiger partial charge >= 0.3 is 10.2 Å². The van der Waals surface area contributed by atoms with Gasteiger partial charge in [0.25, 0.3) is 0 Å². The van der Waals surface area contributed by atoms with Gasteiger partial charge in [0.2, 0.25) is 5.91 Å². The van der Waals surface area contributed by atoms with Crippen LogP contribution in [0.5, 0.6) is 5.75 Å². The van der Waals surface area contributed by atoms with Crippen LogP contribution in [-0.4, -0.2) is 43.8 Å². The van der Waals surface area contributed by atoms with Crippen LogP contribution >= 0.6 is 0 Å². The molecule has 1 heterocycles. The van der Waals surface area contributed by atoms with Crippen LogP contribution in [0.1, 0.15) is 19.4 Å². The average Bonchev–Trinajstić information content (AvgIpc) is 2.89. The van der Waals surface area contributed by atoms with Gasteiger partial charge in [-0.05, 0) is 23.8 Å². The number of ether oxygens (including phenoxy) is 1. The number of fused-ring (bicyclic) bond motifs is 1. The maximum absolute atomic E-state index is 12.1. The zero-order chi connectivity index (χ0) is 17.0. The molecule has 1 aromatic heterocycles. The molecule has 0 fully saturated rings. The van der Waals surface area contributed by atoms with Gasteiger partial charge in [0, 0.05) is 30.2 Å². The highest BCUT2D eigenvalue weighted by atomic mass is 32.2. The van der Waals surface area contributed by atoms with E-state index in [9.17, 15) is 13.2 Å². The van der Waals surface area contributed by atoms with Gasteiger partial charge in [-0.2, -0.15) is 12.7 Å². The van der Waals surface area contributed by atoms with E-state index >= 15 is 0 Å². The number of carbonyl (C=O) groups excluding carboxylic acids is 1. The molecule has 8 heteroatoms. The zero-order valence-corrected chi connectivity index (χ0v) is 14.2. The van der Waals surface area contributed by atoms with E-state index in [1.807, 2.05) is 18.2 Å². The zero-order valence-electron chi connectivity index (χ0n) is 13.4. The van der Waals surface area contributed by atoms with Gasteiger partial charge in [-0.25, -0.2) is 4.72 Å². The topological polar surface area (TPSA) is 91.5 Å². The Bertz CT molecular complexity index is 794. The Morgan fingerprint density at radius 2 is 2.00 bits per heavy atom. The monoisotopic (exact) mass is 339 g/mol. The Labute approximate surface area is 135 Å². The third kappa shape index (κ3) is 3.83. The molecule has 1 amide bonds. The van der Waals surface area contributed by atoms with Crippen molar-refractivity contribution in [3.8, 4) is 5.75 Å². The van der Waals surface area contributed by atoms with Crippen LogP contribution in [0, 0.1) is 0 Å². The maximum atomic E-state index is 12.1. The fraction of sp³-hybridized carbons (Fsp3) is 0.400. The highest BCUT2D eigenvalue weighted by molar-refractivity contribution is 7.87. The number of rotatable bonds is 7. The summed E-state index contributed by atoms with van der Waals surface area (Å²) in [6.07, 6.45) is 1.67. The lowest BCUT2D eigenvalue weighted by Crippen LogP contribution is -2.43. The van der Waals surface area contributed by atoms with Crippen LogP contribution in [0.4, 0.5) is 0 Å². The first-order valence-electron chi connectivity index (χ1n) is 7.36. The van der Waals surface area contributed by atoms with Gasteiger partial charge < -0.3 is 9.72 Å². The van der Waals surface area contributed by atoms with Gasteiger partial charge in [-0.1, -0.05) is 13.8 Å². The molecule has 0 bridgehead atoms. The Hall–Kier alpha value is -2.06. The summed E-state index contributed by atoms with van der Waals surface area (Å²) in [6.45, 7) is 4.06. The number of aromatic nitrogens is 1. The molecule has 2 N–H and O–H groups in total. The van der Waals surface area contributed by atoms with Crippen molar-refractivity contribution in [1.29, 1.82) is 0 Å². The first-order chi connectivity index (χ1) is 10.9. The summed E-state index contributed by atoms with van der Waals surface area (Å²) >= 11 is 0. The summed E-state index contributed by atoms with van der Waals surface area (Å²) < 4.78 is 32.6. The van der Waals surface area contributed by atoms with E-state index in [1.54, 1.807) is 27.2 Å². The van der Waals surface area contributed by atoms with Crippen LogP contribution in [0.3, 0.4) is 0 Å². The molecule has 0 aliphatic carbocycles. The lowest BCUT2D eigenvalue weighted by molar-refractivity contribution is -0.118. The van der Waals surface area contributed by atoms with Crippen LogP contribution in [0.25, 0.3) is 10.9 Å². The Kier molecular flexibility index (Phi) is 5.27. The van der Waals surface area contributed by atoms with Crippen molar-refractivity contribution >= 4 is 27.0 Å². The highest BCUT2D eigenvalue weighted by Crippen LogP contribution is 2.23. The summed E-state index contributed by atoms with van der Waals surface area (Å²) in [5.41, 5.74) is 1.58. The predicted molar refractivity (Wildman–Crippen MR) is 88.5 cm³/mol. The second kappa shape index (κ2) is 7.01. The molecule has 126 valence electrons. The van der Waals surface area contributed by atoms with Crippen LogP contribution in [-0.2, 0) is 21.4 Å². The molecule has 0 aliphatic heterocycles. The largest absolute Gasteiger partial charge is 0.497 e. The molecule has 0 unspecified atom stereocenters. The SMILES string of the molecule is CCN(CC)S(=O)(=O)NC(=O)Cc1c[nH]c2ccc(OC)cc12. The Balaban J connectivity index is 2.17. The molecule has 2 rings (SSSR count). The number of nitrogens with zero attached hydrogens (tertiary/aromatic N) is 1. The molecule has 0 saturated heterocycles. The van der Waals surface area contributed by atoms with E-state index < -0.39 is 16.1 Å². The summed E-state index contributed by atoms with van der Waals surface area (Å²) in [7, 11) is -2.23. The predicted octanol–water partition coefficient (Wildman–Crippen LogP) is 1.42. The van der Waals surface area contributed by atoms with E-state index in [0.717, 1.165) is 10.9 Å². The molecule has 2 aromatic rings. The summed E-state index contributed by atoms with van der Waals surface area (Å²) in [5, 5.41) is 0.833. The van der Waals surface area contributed by atoms with E-state index in [0.29, 0.717) is 24.4 Å². The second-order valence-electron chi connectivity index (χ2n) is 5.02. The number of methoxy groups -OCH3 is 1. The fourth-order valence-corrected chi connectivity index (χ4v) is 3.58. The van der Waals surface area contributed by atoms with Crippen LogP contribution < -0.4 is 9.46 Å². The summed E-state index contributed by atoms with van der Waals surface area (Å²) in [4.78, 5) is 15.2. The van der Waals surface area contributed by atoms with Crippen molar-refractivity contribution in [2.24, 2.45) is 0 Å². The molecule has 0 saturated carbocycles. The van der Waals surface area contributed by atoms with Crippen molar-refractivity contribution in [2.45, 2.75) is 20.3 Å². The summed E-state index contributed by atoms with van der Waals surface area (Å²) in [6, 6.07) is 5.48. The van der Waals surface area contributed by atoms with Crippen molar-refractivity contribution in [1.82, 2.24) is 14.0 Å². The summed E-state index contributed by atoms with van der Waals surface area (Å²) in [5.74, 6) is 0.107. The van der Waals surface area contributed by atoms with Crippen molar-refractivity contribution in [3.05, 3.63) is 30.0 Å². The van der Waals surface area contributed by atoms with E-state index in [4.69, 9.17) is 4.74 Å². The minimum absolute atomic E-state index is 0.0341. The smallest absolute Gasteiger partial charge is 0.303 e. The van der Waals surface area contributed by atoms with E-state index in [1.165, 1.54) is 4.31 Å². The quantitative estimate of drug-likeness (QED) is 0.798. The lowest BCUT2D eigenvalue weighted by atomic mass is 10.1.